The van der Waals surface area contributed by atoms with Crippen molar-refractivity contribution in [1.82, 2.24) is 14.7 Å². The summed E-state index contributed by atoms with van der Waals surface area (Å²) < 4.78 is 1.84. The summed E-state index contributed by atoms with van der Waals surface area (Å²) in [5.74, 6) is -1.14. The molecule has 0 aliphatic carbocycles. The first kappa shape index (κ1) is 15.8. The van der Waals surface area contributed by atoms with Crippen LogP contribution in [0.15, 0.2) is 36.4 Å². The van der Waals surface area contributed by atoms with Crippen LogP contribution in [0.2, 0.25) is 0 Å². The molecule has 1 aliphatic heterocycles. The van der Waals surface area contributed by atoms with E-state index in [1.165, 1.54) is 16.2 Å². The second kappa shape index (κ2) is 6.00. The first-order valence-electron chi connectivity index (χ1n) is 8.14. The van der Waals surface area contributed by atoms with Crippen LogP contribution in [-0.4, -0.2) is 44.3 Å². The van der Waals surface area contributed by atoms with Gasteiger partial charge in [-0.2, -0.15) is 5.10 Å². The number of carboxylic acids is 1. The number of likely N-dealkylation sites (tertiary alicyclic amines) is 1. The fourth-order valence-corrected chi connectivity index (χ4v) is 4.44. The molecule has 1 saturated heterocycles. The molecule has 1 atom stereocenters. The van der Waals surface area contributed by atoms with E-state index in [9.17, 15) is 14.7 Å². The van der Waals surface area contributed by atoms with Crippen LogP contribution in [0.3, 0.4) is 0 Å². The summed E-state index contributed by atoms with van der Waals surface area (Å²) >= 11 is 1.36. The van der Waals surface area contributed by atoms with E-state index in [4.69, 9.17) is 0 Å². The highest BCUT2D eigenvalue weighted by Crippen LogP contribution is 2.32. The lowest BCUT2D eigenvalue weighted by Crippen LogP contribution is -2.40. The summed E-state index contributed by atoms with van der Waals surface area (Å²) in [6.07, 6.45) is 1.24. The van der Waals surface area contributed by atoms with E-state index in [1.807, 2.05) is 48.0 Å². The number of thiophene rings is 1. The molecule has 6 nitrogen and oxygen atoms in total. The number of amides is 1. The minimum absolute atomic E-state index is 0.204. The third-order valence-electron chi connectivity index (χ3n) is 4.55. The zero-order valence-electron chi connectivity index (χ0n) is 13.7. The Balaban J connectivity index is 1.75. The first-order valence-corrected chi connectivity index (χ1v) is 8.96. The van der Waals surface area contributed by atoms with E-state index in [-0.39, 0.29) is 5.91 Å². The van der Waals surface area contributed by atoms with E-state index >= 15 is 0 Å². The number of hydrogen-bond acceptors (Lipinski definition) is 4. The van der Waals surface area contributed by atoms with Crippen LogP contribution in [0.5, 0.6) is 0 Å². The minimum atomic E-state index is -0.932. The van der Waals surface area contributed by atoms with Crippen LogP contribution < -0.4 is 0 Å². The van der Waals surface area contributed by atoms with Crippen molar-refractivity contribution < 1.29 is 14.7 Å². The lowest BCUT2D eigenvalue weighted by Gasteiger charge is -2.20. The quantitative estimate of drug-likeness (QED) is 0.783. The van der Waals surface area contributed by atoms with Crippen molar-refractivity contribution in [2.75, 3.05) is 6.54 Å². The van der Waals surface area contributed by atoms with E-state index in [0.717, 1.165) is 28.0 Å². The maximum absolute atomic E-state index is 12.8. The molecule has 1 aromatic carbocycles. The number of hydrogen-bond donors (Lipinski definition) is 1. The molecule has 1 fully saturated rings. The minimum Gasteiger partial charge on any atom is -0.480 e. The summed E-state index contributed by atoms with van der Waals surface area (Å²) in [4.78, 5) is 27.1. The molecule has 1 N–H and O–H groups in total. The van der Waals surface area contributed by atoms with Crippen molar-refractivity contribution in [3.8, 4) is 5.69 Å². The van der Waals surface area contributed by atoms with Gasteiger partial charge < -0.3 is 10.0 Å². The number of carboxylic acid groups (broad SMARTS) is 1. The summed E-state index contributed by atoms with van der Waals surface area (Å²) in [6, 6.07) is 10.9. The van der Waals surface area contributed by atoms with Crippen LogP contribution in [0.4, 0.5) is 0 Å². The maximum Gasteiger partial charge on any atom is 0.326 e. The molecule has 3 aromatic rings. The molecule has 0 bridgehead atoms. The Hall–Kier alpha value is -2.67. The van der Waals surface area contributed by atoms with Gasteiger partial charge in [0.05, 0.1) is 16.3 Å². The Bertz CT molecular complexity index is 961. The van der Waals surface area contributed by atoms with Crippen molar-refractivity contribution in [1.29, 1.82) is 0 Å². The van der Waals surface area contributed by atoms with Crippen molar-refractivity contribution in [2.45, 2.75) is 25.8 Å². The topological polar surface area (TPSA) is 75.4 Å². The van der Waals surface area contributed by atoms with Gasteiger partial charge in [-0.25, -0.2) is 9.48 Å². The van der Waals surface area contributed by atoms with E-state index in [1.54, 1.807) is 0 Å². The third-order valence-corrected chi connectivity index (χ3v) is 5.65. The standard InChI is InChI=1S/C18H17N3O3S/c1-11-13-10-15(16(22)20-9-5-8-14(20)18(23)24)25-17(13)21(19-11)12-6-3-2-4-7-12/h2-4,6-7,10,14H,5,8-9H2,1H3,(H,23,24)/t14-/m1/s1. The van der Waals surface area contributed by atoms with Gasteiger partial charge in [0.2, 0.25) is 0 Å². The molecule has 7 heteroatoms. The summed E-state index contributed by atoms with van der Waals surface area (Å²) in [7, 11) is 0. The van der Waals surface area contributed by atoms with Gasteiger partial charge in [0, 0.05) is 11.9 Å². The second-order valence-electron chi connectivity index (χ2n) is 6.16. The first-order chi connectivity index (χ1) is 12.1. The molecule has 0 unspecified atom stereocenters. The maximum atomic E-state index is 12.8. The molecule has 0 saturated carbocycles. The molecule has 1 amide bonds. The van der Waals surface area contributed by atoms with E-state index in [2.05, 4.69) is 5.10 Å². The fourth-order valence-electron chi connectivity index (χ4n) is 3.30. The van der Waals surface area contributed by atoms with Crippen LogP contribution in [-0.2, 0) is 4.79 Å². The zero-order valence-corrected chi connectivity index (χ0v) is 14.5. The third kappa shape index (κ3) is 2.60. The number of carbonyl (C=O) groups excluding carboxylic acids is 1. The Morgan fingerprint density at radius 1 is 1.28 bits per heavy atom. The van der Waals surface area contributed by atoms with Crippen molar-refractivity contribution in [3.05, 3.63) is 47.0 Å². The van der Waals surface area contributed by atoms with Gasteiger partial charge in [0.1, 0.15) is 10.9 Å². The number of benzene rings is 1. The van der Waals surface area contributed by atoms with Gasteiger partial charge in [-0.1, -0.05) is 18.2 Å². The molecule has 1 aliphatic rings. The van der Waals surface area contributed by atoms with E-state index in [0.29, 0.717) is 17.8 Å². The summed E-state index contributed by atoms with van der Waals surface area (Å²) in [5, 5.41) is 14.8. The van der Waals surface area contributed by atoms with Gasteiger partial charge in [-0.05, 0) is 38.0 Å². The highest BCUT2D eigenvalue weighted by atomic mass is 32.1. The summed E-state index contributed by atoms with van der Waals surface area (Å²) in [6.45, 7) is 2.41. The second-order valence-corrected chi connectivity index (χ2v) is 7.19. The van der Waals surface area contributed by atoms with Crippen molar-refractivity contribution >= 4 is 33.4 Å². The number of aryl methyl sites for hydroxylation is 1. The SMILES string of the molecule is Cc1nn(-c2ccccc2)c2sc(C(=O)N3CCC[C@@H]3C(=O)O)cc12. The Morgan fingerprint density at radius 3 is 2.76 bits per heavy atom. The molecule has 0 radical (unpaired) electrons. The predicted octanol–water partition coefficient (Wildman–Crippen LogP) is 3.08. The average molecular weight is 355 g/mol. The number of aromatic nitrogens is 2. The number of nitrogens with zero attached hydrogens (tertiary/aromatic N) is 3. The Kier molecular flexibility index (Phi) is 3.80. The van der Waals surface area contributed by atoms with Crippen molar-refractivity contribution in [2.24, 2.45) is 0 Å². The highest BCUT2D eigenvalue weighted by Gasteiger charge is 2.35. The monoisotopic (exact) mass is 355 g/mol. The molecular formula is C18H17N3O3S. The highest BCUT2D eigenvalue weighted by molar-refractivity contribution is 7.20. The molecule has 4 rings (SSSR count). The number of aliphatic carboxylic acids is 1. The Morgan fingerprint density at radius 2 is 2.04 bits per heavy atom. The predicted molar refractivity (Wildman–Crippen MR) is 95.4 cm³/mol. The largest absolute Gasteiger partial charge is 0.480 e. The van der Waals surface area contributed by atoms with Gasteiger partial charge >= 0.3 is 5.97 Å². The van der Waals surface area contributed by atoms with Crippen LogP contribution in [0, 0.1) is 6.92 Å². The van der Waals surface area contributed by atoms with Crippen molar-refractivity contribution in [3.63, 3.8) is 0 Å². The number of para-hydroxylation sites is 1. The van der Waals surface area contributed by atoms with Gasteiger partial charge in [-0.15, -0.1) is 11.3 Å². The molecule has 128 valence electrons. The van der Waals surface area contributed by atoms with Crippen LogP contribution >= 0.6 is 11.3 Å². The molecular weight excluding hydrogens is 338 g/mol. The number of rotatable bonds is 3. The molecule has 2 aromatic heterocycles. The lowest BCUT2D eigenvalue weighted by atomic mass is 10.2. The fraction of sp³-hybridized carbons (Fsp3) is 0.278. The van der Waals surface area contributed by atoms with E-state index < -0.39 is 12.0 Å². The lowest BCUT2D eigenvalue weighted by molar-refractivity contribution is -0.141. The average Bonchev–Trinajstić information content (AvgIpc) is 3.31. The van der Waals surface area contributed by atoms with Gasteiger partial charge in [0.25, 0.3) is 5.91 Å². The van der Waals surface area contributed by atoms with Crippen LogP contribution in [0.25, 0.3) is 15.9 Å². The van der Waals surface area contributed by atoms with Crippen LogP contribution in [0.1, 0.15) is 28.2 Å². The summed E-state index contributed by atoms with van der Waals surface area (Å²) in [5.41, 5.74) is 1.79. The molecule has 0 spiro atoms. The van der Waals surface area contributed by atoms with Gasteiger partial charge in [0.15, 0.2) is 0 Å². The normalized spacial score (nSPS) is 17.3. The molecule has 25 heavy (non-hydrogen) atoms. The van der Waals surface area contributed by atoms with Gasteiger partial charge in [-0.3, -0.25) is 4.79 Å². The number of fused-ring (bicyclic) bond motifs is 1. The molecule has 3 heterocycles. The zero-order chi connectivity index (χ0) is 17.6. The number of carbonyl (C=O) groups is 2. The Labute approximate surface area is 148 Å². The smallest absolute Gasteiger partial charge is 0.326 e.